The van der Waals surface area contributed by atoms with Crippen LogP contribution in [0.1, 0.15) is 16.8 Å². The van der Waals surface area contributed by atoms with Crippen LogP contribution < -0.4 is 5.32 Å². The van der Waals surface area contributed by atoms with E-state index >= 15 is 0 Å². The summed E-state index contributed by atoms with van der Waals surface area (Å²) >= 11 is 0. The molecule has 1 aromatic heterocycles. The van der Waals surface area contributed by atoms with Gasteiger partial charge in [-0.3, -0.25) is 9.69 Å². The fourth-order valence-electron chi connectivity index (χ4n) is 3.33. The lowest BCUT2D eigenvalue weighted by atomic mass is 10.1. The van der Waals surface area contributed by atoms with E-state index in [0.29, 0.717) is 31.6 Å². The molecule has 0 radical (unpaired) electrons. The van der Waals surface area contributed by atoms with Crippen molar-refractivity contribution in [3.63, 3.8) is 0 Å². The molecule has 0 unspecified atom stereocenters. The van der Waals surface area contributed by atoms with Gasteiger partial charge in [-0.05, 0) is 24.9 Å². The van der Waals surface area contributed by atoms with Crippen molar-refractivity contribution in [3.05, 3.63) is 36.0 Å². The topological polar surface area (TPSA) is 37.3 Å². The number of halogens is 3. The third-order valence-corrected chi connectivity index (χ3v) is 4.47. The molecule has 1 fully saturated rings. The van der Waals surface area contributed by atoms with Gasteiger partial charge in [-0.25, -0.2) is 0 Å². The average Bonchev–Trinajstić information content (AvgIpc) is 3.08. The highest BCUT2D eigenvalue weighted by Crippen LogP contribution is 2.23. The zero-order valence-electron chi connectivity index (χ0n) is 13.4. The normalized spacial score (nSPS) is 19.1. The SMILES string of the molecule is Cn1cc(C(=O)NC[C@@H]2CCN(CC(F)(F)F)C2)c2ccccc21. The van der Waals surface area contributed by atoms with Crippen LogP contribution in [-0.4, -0.2) is 47.7 Å². The van der Waals surface area contributed by atoms with Gasteiger partial charge in [0.15, 0.2) is 0 Å². The molecule has 1 atom stereocenters. The maximum Gasteiger partial charge on any atom is 0.401 e. The number of alkyl halides is 3. The second-order valence-electron chi connectivity index (χ2n) is 6.39. The van der Waals surface area contributed by atoms with E-state index in [0.717, 1.165) is 10.9 Å². The van der Waals surface area contributed by atoms with Crippen LogP contribution >= 0.6 is 0 Å². The molecule has 1 aliphatic rings. The largest absolute Gasteiger partial charge is 0.401 e. The van der Waals surface area contributed by atoms with E-state index in [2.05, 4.69) is 5.32 Å². The minimum atomic E-state index is -4.17. The molecule has 0 aliphatic carbocycles. The van der Waals surface area contributed by atoms with Crippen LogP contribution in [0.2, 0.25) is 0 Å². The second kappa shape index (κ2) is 6.47. The molecule has 24 heavy (non-hydrogen) atoms. The van der Waals surface area contributed by atoms with Crippen LogP contribution in [0.4, 0.5) is 13.2 Å². The third kappa shape index (κ3) is 3.72. The lowest BCUT2D eigenvalue weighted by molar-refractivity contribution is -0.143. The molecule has 1 aliphatic heterocycles. The van der Waals surface area contributed by atoms with Crippen LogP contribution in [0.3, 0.4) is 0 Å². The van der Waals surface area contributed by atoms with Gasteiger partial charge in [0.2, 0.25) is 0 Å². The zero-order chi connectivity index (χ0) is 17.3. The Bertz CT molecular complexity index is 738. The summed E-state index contributed by atoms with van der Waals surface area (Å²) < 4.78 is 39.1. The van der Waals surface area contributed by atoms with E-state index in [9.17, 15) is 18.0 Å². The fourth-order valence-corrected chi connectivity index (χ4v) is 3.33. The van der Waals surface area contributed by atoms with Crippen molar-refractivity contribution in [2.24, 2.45) is 13.0 Å². The monoisotopic (exact) mass is 339 g/mol. The molecule has 3 rings (SSSR count). The summed E-state index contributed by atoms with van der Waals surface area (Å²) in [6.07, 6.45) is -1.71. The Kier molecular flexibility index (Phi) is 4.54. The molecule has 0 saturated carbocycles. The van der Waals surface area contributed by atoms with Gasteiger partial charge < -0.3 is 9.88 Å². The summed E-state index contributed by atoms with van der Waals surface area (Å²) in [6, 6.07) is 7.63. The second-order valence-corrected chi connectivity index (χ2v) is 6.39. The maximum atomic E-state index is 12.4. The number of para-hydroxylation sites is 1. The smallest absolute Gasteiger partial charge is 0.352 e. The Morgan fingerprint density at radius 1 is 1.33 bits per heavy atom. The molecule has 2 heterocycles. The van der Waals surface area contributed by atoms with Crippen LogP contribution in [0, 0.1) is 5.92 Å². The molecule has 1 aromatic carbocycles. The molecular weight excluding hydrogens is 319 g/mol. The molecular formula is C17H20F3N3O. The Morgan fingerprint density at radius 3 is 2.83 bits per heavy atom. The Balaban J connectivity index is 1.58. The number of rotatable bonds is 4. The molecule has 1 N–H and O–H groups in total. The number of nitrogens with zero attached hydrogens (tertiary/aromatic N) is 2. The van der Waals surface area contributed by atoms with E-state index in [1.165, 1.54) is 4.90 Å². The molecule has 1 amide bonds. The highest BCUT2D eigenvalue weighted by molar-refractivity contribution is 6.06. The first-order valence-electron chi connectivity index (χ1n) is 7.95. The van der Waals surface area contributed by atoms with Crippen molar-refractivity contribution in [2.75, 3.05) is 26.2 Å². The van der Waals surface area contributed by atoms with E-state index in [1.807, 2.05) is 35.9 Å². The van der Waals surface area contributed by atoms with E-state index in [-0.39, 0.29) is 11.8 Å². The van der Waals surface area contributed by atoms with E-state index in [1.54, 1.807) is 6.20 Å². The number of fused-ring (bicyclic) bond motifs is 1. The summed E-state index contributed by atoms with van der Waals surface area (Å²) in [6.45, 7) is 0.320. The van der Waals surface area contributed by atoms with E-state index in [4.69, 9.17) is 0 Å². The number of aryl methyl sites for hydroxylation is 1. The number of amides is 1. The van der Waals surface area contributed by atoms with Crippen molar-refractivity contribution in [2.45, 2.75) is 12.6 Å². The van der Waals surface area contributed by atoms with Gasteiger partial charge >= 0.3 is 6.18 Å². The highest BCUT2D eigenvalue weighted by atomic mass is 19.4. The van der Waals surface area contributed by atoms with Crippen molar-refractivity contribution in [3.8, 4) is 0 Å². The fraction of sp³-hybridized carbons (Fsp3) is 0.471. The Labute approximate surface area is 138 Å². The highest BCUT2D eigenvalue weighted by Gasteiger charge is 2.34. The summed E-state index contributed by atoms with van der Waals surface area (Å²) in [4.78, 5) is 13.8. The quantitative estimate of drug-likeness (QED) is 0.930. The number of nitrogens with one attached hydrogen (secondary N) is 1. The standard InChI is InChI=1S/C17H20F3N3O/c1-22-10-14(13-4-2-3-5-15(13)22)16(24)21-8-12-6-7-23(9-12)11-17(18,19)20/h2-5,10,12H,6-9,11H2,1H3,(H,21,24)/t12-/m0/s1. The lowest BCUT2D eigenvalue weighted by Gasteiger charge is -2.18. The molecule has 4 nitrogen and oxygen atoms in total. The van der Waals surface area contributed by atoms with Crippen LogP contribution in [0.25, 0.3) is 10.9 Å². The summed E-state index contributed by atoms with van der Waals surface area (Å²) in [7, 11) is 1.88. The van der Waals surface area contributed by atoms with Crippen LogP contribution in [0.15, 0.2) is 30.5 Å². The number of hydrogen-bond donors (Lipinski definition) is 1. The zero-order valence-corrected chi connectivity index (χ0v) is 13.4. The molecule has 1 saturated heterocycles. The summed E-state index contributed by atoms with van der Waals surface area (Å²) in [5.74, 6) is -0.118. The van der Waals surface area contributed by atoms with Crippen molar-refractivity contribution < 1.29 is 18.0 Å². The Hall–Kier alpha value is -2.02. The van der Waals surface area contributed by atoms with Crippen LogP contribution in [-0.2, 0) is 7.05 Å². The molecule has 130 valence electrons. The number of carbonyl (C=O) groups is 1. The number of benzene rings is 1. The van der Waals surface area contributed by atoms with Gasteiger partial charge in [0.25, 0.3) is 5.91 Å². The summed E-state index contributed by atoms with van der Waals surface area (Å²) in [5, 5.41) is 3.75. The van der Waals surface area contributed by atoms with Gasteiger partial charge in [0, 0.05) is 37.2 Å². The first-order chi connectivity index (χ1) is 11.3. The number of aromatic nitrogens is 1. The van der Waals surface area contributed by atoms with Gasteiger partial charge in [-0.2, -0.15) is 13.2 Å². The van der Waals surface area contributed by atoms with Crippen molar-refractivity contribution in [1.29, 1.82) is 0 Å². The Morgan fingerprint density at radius 2 is 2.08 bits per heavy atom. The molecule has 7 heteroatoms. The number of likely N-dealkylation sites (tertiary alicyclic amines) is 1. The minimum Gasteiger partial charge on any atom is -0.352 e. The van der Waals surface area contributed by atoms with E-state index < -0.39 is 12.7 Å². The predicted molar refractivity (Wildman–Crippen MR) is 85.9 cm³/mol. The van der Waals surface area contributed by atoms with Crippen molar-refractivity contribution >= 4 is 16.8 Å². The van der Waals surface area contributed by atoms with Gasteiger partial charge in [-0.15, -0.1) is 0 Å². The maximum absolute atomic E-state index is 12.4. The van der Waals surface area contributed by atoms with Gasteiger partial charge in [0.05, 0.1) is 12.1 Å². The first-order valence-corrected chi connectivity index (χ1v) is 7.95. The third-order valence-electron chi connectivity index (χ3n) is 4.47. The van der Waals surface area contributed by atoms with Crippen LogP contribution in [0.5, 0.6) is 0 Å². The number of hydrogen-bond acceptors (Lipinski definition) is 2. The minimum absolute atomic E-state index is 0.0614. The molecule has 0 spiro atoms. The first kappa shape index (κ1) is 16.8. The molecule has 2 aromatic rings. The average molecular weight is 339 g/mol. The predicted octanol–water partition coefficient (Wildman–Crippen LogP) is 2.79. The number of carbonyl (C=O) groups excluding carboxylic acids is 1. The summed E-state index contributed by atoms with van der Waals surface area (Å²) in [5.41, 5.74) is 1.57. The lowest BCUT2D eigenvalue weighted by Crippen LogP contribution is -2.34. The van der Waals surface area contributed by atoms with Gasteiger partial charge in [-0.1, -0.05) is 18.2 Å². The molecule has 0 bridgehead atoms. The van der Waals surface area contributed by atoms with Crippen molar-refractivity contribution in [1.82, 2.24) is 14.8 Å². The van der Waals surface area contributed by atoms with Gasteiger partial charge in [0.1, 0.15) is 0 Å².